The molecule has 2 N–H and O–H groups in total. The molecule has 2 unspecified atom stereocenters. The fraction of sp³-hybridized carbons (Fsp3) is 0.900. The second-order valence-electron chi connectivity index (χ2n) is 4.10. The van der Waals surface area contributed by atoms with Crippen molar-refractivity contribution in [2.75, 3.05) is 20.3 Å². The molecular weight excluding hydrogens is 237 g/mol. The number of hydrogen-bond acceptors (Lipinski definition) is 3. The maximum absolute atomic E-state index is 12.6. The Morgan fingerprint density at radius 1 is 1.47 bits per heavy atom. The van der Waals surface area contributed by atoms with Crippen molar-refractivity contribution in [2.24, 2.45) is 5.73 Å². The molecule has 0 saturated carbocycles. The minimum atomic E-state index is -4.77. The quantitative estimate of drug-likeness (QED) is 0.802. The Kier molecular flexibility index (Phi) is 5.41. The van der Waals surface area contributed by atoms with Crippen LogP contribution in [0.15, 0.2) is 0 Å². The van der Waals surface area contributed by atoms with Crippen molar-refractivity contribution >= 4 is 5.91 Å². The predicted octanol–water partition coefficient (Wildman–Crippen LogP) is 1.15. The van der Waals surface area contributed by atoms with Gasteiger partial charge in [0, 0.05) is 13.7 Å². The molecule has 0 aliphatic heterocycles. The maximum atomic E-state index is 12.6. The first-order valence-corrected chi connectivity index (χ1v) is 5.25. The van der Waals surface area contributed by atoms with Crippen molar-refractivity contribution in [3.8, 4) is 0 Å². The molecule has 7 heteroatoms. The number of carbonyl (C=O) groups excluding carboxylic acids is 1. The summed E-state index contributed by atoms with van der Waals surface area (Å²) >= 11 is 0. The van der Waals surface area contributed by atoms with Gasteiger partial charge in [-0.1, -0.05) is 0 Å². The van der Waals surface area contributed by atoms with Crippen LogP contribution in [0.5, 0.6) is 0 Å². The third kappa shape index (κ3) is 3.57. The van der Waals surface area contributed by atoms with E-state index in [9.17, 15) is 18.0 Å². The van der Waals surface area contributed by atoms with E-state index in [0.29, 0.717) is 6.92 Å². The largest absolute Gasteiger partial charge is 0.415 e. The predicted molar refractivity (Wildman–Crippen MR) is 57.4 cm³/mol. The Hall–Kier alpha value is -0.820. The van der Waals surface area contributed by atoms with E-state index in [-0.39, 0.29) is 13.2 Å². The van der Waals surface area contributed by atoms with E-state index in [1.165, 1.54) is 7.11 Å². The Balaban J connectivity index is 4.99. The van der Waals surface area contributed by atoms with E-state index in [1.807, 2.05) is 0 Å². The molecule has 0 heterocycles. The van der Waals surface area contributed by atoms with Crippen molar-refractivity contribution in [3.63, 3.8) is 0 Å². The van der Waals surface area contributed by atoms with Crippen LogP contribution in [0.2, 0.25) is 0 Å². The minimum Gasteiger partial charge on any atom is -0.383 e. The lowest BCUT2D eigenvalue weighted by Gasteiger charge is -2.35. The molecule has 0 aromatic carbocycles. The molecular formula is C10H19F3N2O2. The molecule has 4 nitrogen and oxygen atoms in total. The van der Waals surface area contributed by atoms with E-state index < -0.39 is 23.7 Å². The van der Waals surface area contributed by atoms with E-state index in [2.05, 4.69) is 0 Å². The van der Waals surface area contributed by atoms with Crippen molar-refractivity contribution in [3.05, 3.63) is 0 Å². The molecule has 0 fully saturated rings. The molecule has 1 amide bonds. The lowest BCUT2D eigenvalue weighted by molar-refractivity contribution is -0.195. The van der Waals surface area contributed by atoms with Crippen LogP contribution >= 0.6 is 0 Å². The van der Waals surface area contributed by atoms with Crippen molar-refractivity contribution in [2.45, 2.75) is 38.5 Å². The van der Waals surface area contributed by atoms with Gasteiger partial charge in [-0.3, -0.25) is 4.79 Å². The average molecular weight is 256 g/mol. The van der Waals surface area contributed by atoms with Gasteiger partial charge in [-0.15, -0.1) is 0 Å². The fourth-order valence-electron chi connectivity index (χ4n) is 1.41. The van der Waals surface area contributed by atoms with Crippen LogP contribution in [0.1, 0.15) is 20.8 Å². The summed E-state index contributed by atoms with van der Waals surface area (Å²) in [6.45, 7) is 4.19. The Morgan fingerprint density at radius 2 is 1.94 bits per heavy atom. The topological polar surface area (TPSA) is 55.6 Å². The molecule has 0 aliphatic carbocycles. The number of carbonyl (C=O) groups is 1. The van der Waals surface area contributed by atoms with Crippen LogP contribution in [0.25, 0.3) is 0 Å². The summed E-state index contributed by atoms with van der Waals surface area (Å²) in [5, 5.41) is 0. The molecule has 0 spiro atoms. The van der Waals surface area contributed by atoms with Crippen LogP contribution < -0.4 is 5.73 Å². The zero-order chi connectivity index (χ0) is 13.9. The summed E-state index contributed by atoms with van der Waals surface area (Å²) in [6, 6.07) is -0.456. The Bertz CT molecular complexity index is 267. The molecule has 0 rings (SSSR count). The molecule has 102 valence electrons. The zero-order valence-corrected chi connectivity index (χ0v) is 10.5. The van der Waals surface area contributed by atoms with Crippen LogP contribution in [-0.2, 0) is 9.53 Å². The normalized spacial score (nSPS) is 17.4. The molecule has 0 bridgehead atoms. The lowest BCUT2D eigenvalue weighted by atomic mass is 10.0. The molecule has 0 aromatic rings. The molecule has 0 aromatic heterocycles. The molecule has 0 saturated heterocycles. The number of likely N-dealkylation sites (N-methyl/N-ethyl adjacent to an activating group) is 1. The Morgan fingerprint density at radius 3 is 2.24 bits per heavy atom. The van der Waals surface area contributed by atoms with Gasteiger partial charge in [-0.2, -0.15) is 13.2 Å². The fourth-order valence-corrected chi connectivity index (χ4v) is 1.41. The van der Waals surface area contributed by atoms with Crippen LogP contribution in [0.3, 0.4) is 0 Å². The molecule has 0 radical (unpaired) electrons. The standard InChI is InChI=1S/C10H19F3N2O2/c1-5-15(7(2)6-17-4)8(16)9(3,14)10(11,12)13/h7H,5-6,14H2,1-4H3. The monoisotopic (exact) mass is 256 g/mol. The summed E-state index contributed by atoms with van der Waals surface area (Å²) in [7, 11) is 1.42. The SMILES string of the molecule is CCN(C(=O)C(C)(N)C(F)(F)F)C(C)COC. The number of rotatable bonds is 5. The number of amides is 1. The van der Waals surface area contributed by atoms with Gasteiger partial charge in [0.2, 0.25) is 0 Å². The van der Waals surface area contributed by atoms with Crippen LogP contribution in [-0.4, -0.2) is 48.8 Å². The number of methoxy groups -OCH3 is 1. The smallest absolute Gasteiger partial charge is 0.383 e. The lowest BCUT2D eigenvalue weighted by Crippen LogP contribution is -2.63. The van der Waals surface area contributed by atoms with E-state index >= 15 is 0 Å². The van der Waals surface area contributed by atoms with Crippen LogP contribution in [0.4, 0.5) is 13.2 Å². The number of nitrogens with two attached hydrogens (primary N) is 1. The molecule has 2 atom stereocenters. The van der Waals surface area contributed by atoms with Crippen molar-refractivity contribution in [1.82, 2.24) is 4.90 Å². The number of alkyl halides is 3. The highest BCUT2D eigenvalue weighted by Crippen LogP contribution is 2.30. The number of ether oxygens (including phenoxy) is 1. The van der Waals surface area contributed by atoms with Gasteiger partial charge in [0.1, 0.15) is 0 Å². The van der Waals surface area contributed by atoms with E-state index in [1.54, 1.807) is 13.8 Å². The van der Waals surface area contributed by atoms with E-state index in [4.69, 9.17) is 10.5 Å². The van der Waals surface area contributed by atoms with E-state index in [0.717, 1.165) is 4.90 Å². The van der Waals surface area contributed by atoms with Gasteiger partial charge >= 0.3 is 6.18 Å². The Labute approximate surface area is 98.9 Å². The number of hydrogen-bond donors (Lipinski definition) is 1. The summed E-state index contributed by atoms with van der Waals surface area (Å²) in [4.78, 5) is 12.9. The van der Waals surface area contributed by atoms with Gasteiger partial charge in [0.05, 0.1) is 12.6 Å². The highest BCUT2D eigenvalue weighted by Gasteiger charge is 2.55. The molecule has 0 aliphatic rings. The minimum absolute atomic E-state index is 0.145. The highest BCUT2D eigenvalue weighted by molar-refractivity contribution is 5.87. The first-order valence-electron chi connectivity index (χ1n) is 5.25. The zero-order valence-electron chi connectivity index (χ0n) is 10.5. The molecule has 17 heavy (non-hydrogen) atoms. The van der Waals surface area contributed by atoms with Gasteiger partial charge in [-0.05, 0) is 20.8 Å². The third-order valence-corrected chi connectivity index (χ3v) is 2.57. The highest BCUT2D eigenvalue weighted by atomic mass is 19.4. The number of halogens is 3. The average Bonchev–Trinajstić information content (AvgIpc) is 2.17. The summed E-state index contributed by atoms with van der Waals surface area (Å²) in [5.74, 6) is -1.14. The second kappa shape index (κ2) is 5.68. The third-order valence-electron chi connectivity index (χ3n) is 2.57. The van der Waals surface area contributed by atoms with Gasteiger partial charge in [0.25, 0.3) is 5.91 Å². The summed E-state index contributed by atoms with van der Waals surface area (Å²) < 4.78 is 42.7. The maximum Gasteiger partial charge on any atom is 0.415 e. The van der Waals surface area contributed by atoms with Gasteiger partial charge in [0.15, 0.2) is 5.54 Å². The summed E-state index contributed by atoms with van der Waals surface area (Å²) in [6.07, 6.45) is -4.77. The first-order chi connectivity index (χ1) is 7.59. The van der Waals surface area contributed by atoms with Crippen molar-refractivity contribution in [1.29, 1.82) is 0 Å². The number of nitrogens with zero attached hydrogens (tertiary/aromatic N) is 1. The van der Waals surface area contributed by atoms with Crippen molar-refractivity contribution < 1.29 is 22.7 Å². The van der Waals surface area contributed by atoms with Crippen LogP contribution in [0, 0.1) is 0 Å². The van der Waals surface area contributed by atoms with Gasteiger partial charge < -0.3 is 15.4 Å². The second-order valence-corrected chi connectivity index (χ2v) is 4.10. The van der Waals surface area contributed by atoms with Gasteiger partial charge in [-0.25, -0.2) is 0 Å². The summed E-state index contributed by atoms with van der Waals surface area (Å²) in [5.41, 5.74) is 2.22. The first kappa shape index (κ1) is 16.2.